The lowest BCUT2D eigenvalue weighted by Gasteiger charge is -2.44. The van der Waals surface area contributed by atoms with Gasteiger partial charge in [-0.3, -0.25) is 19.2 Å². The molecule has 1 fully saturated rings. The SMILES string of the molecule is CC(=O)OCC1OC(Oc2ccc3c4c(c(=O)oc3c2C)CCCCC4)C(OC(C)=O)C(OC(C)=O)C1OC(C)=O. The van der Waals surface area contributed by atoms with Gasteiger partial charge in [-0.25, -0.2) is 4.79 Å². The molecule has 0 saturated carbocycles. The Morgan fingerprint density at radius 3 is 2.05 bits per heavy atom. The largest absolute Gasteiger partial charge is 0.463 e. The van der Waals surface area contributed by atoms with Gasteiger partial charge in [0.05, 0.1) is 0 Å². The van der Waals surface area contributed by atoms with E-state index < -0.39 is 54.6 Å². The molecule has 1 aromatic heterocycles. The molecule has 4 rings (SSSR count). The molecule has 12 nitrogen and oxygen atoms in total. The number of hydrogen-bond acceptors (Lipinski definition) is 12. The first kappa shape index (κ1) is 30.0. The number of esters is 4. The van der Waals surface area contributed by atoms with Gasteiger partial charge in [-0.15, -0.1) is 0 Å². The normalized spacial score (nSPS) is 24.0. The van der Waals surface area contributed by atoms with Crippen molar-refractivity contribution >= 4 is 34.8 Å². The molecule has 0 radical (unpaired) electrons. The lowest BCUT2D eigenvalue weighted by atomic mass is 9.97. The first-order chi connectivity index (χ1) is 19.5. The minimum absolute atomic E-state index is 0.245. The van der Waals surface area contributed by atoms with Gasteiger partial charge < -0.3 is 32.8 Å². The van der Waals surface area contributed by atoms with Crippen molar-refractivity contribution in [3.63, 3.8) is 0 Å². The zero-order valence-corrected chi connectivity index (χ0v) is 23.7. The molecule has 1 aromatic carbocycles. The maximum atomic E-state index is 12.9. The van der Waals surface area contributed by atoms with Crippen LogP contribution in [0.5, 0.6) is 5.75 Å². The number of ether oxygens (including phenoxy) is 6. The average molecular weight is 575 g/mol. The number of rotatable bonds is 7. The van der Waals surface area contributed by atoms with Crippen LogP contribution in [-0.2, 0) is 55.7 Å². The fraction of sp³-hybridized carbons (Fsp3) is 0.552. The molecule has 0 N–H and O–H groups in total. The second-order valence-electron chi connectivity index (χ2n) is 10.2. The molecule has 5 atom stereocenters. The quantitative estimate of drug-likeness (QED) is 0.207. The molecule has 1 aliphatic heterocycles. The summed E-state index contributed by atoms with van der Waals surface area (Å²) in [5, 5.41) is 0.813. The van der Waals surface area contributed by atoms with Crippen LogP contribution in [0.15, 0.2) is 21.3 Å². The van der Waals surface area contributed by atoms with E-state index in [0.29, 0.717) is 23.1 Å². The second-order valence-corrected chi connectivity index (χ2v) is 10.2. The highest BCUT2D eigenvalue weighted by molar-refractivity contribution is 5.86. The van der Waals surface area contributed by atoms with Crippen molar-refractivity contribution in [3.05, 3.63) is 39.2 Å². The van der Waals surface area contributed by atoms with E-state index in [9.17, 15) is 24.0 Å². The summed E-state index contributed by atoms with van der Waals surface area (Å²) in [6, 6.07) is 3.49. The Bertz CT molecular complexity index is 1390. The molecule has 2 aliphatic rings. The highest BCUT2D eigenvalue weighted by atomic mass is 16.7. The van der Waals surface area contributed by atoms with Gasteiger partial charge in [-0.2, -0.15) is 0 Å². The van der Waals surface area contributed by atoms with E-state index in [-0.39, 0.29) is 18.0 Å². The summed E-state index contributed by atoms with van der Waals surface area (Å²) in [6.45, 7) is 5.96. The zero-order chi connectivity index (χ0) is 29.8. The number of carbonyl (C=O) groups is 4. The van der Waals surface area contributed by atoms with Crippen LogP contribution in [0.1, 0.15) is 63.6 Å². The van der Waals surface area contributed by atoms with Crippen molar-refractivity contribution in [2.24, 2.45) is 0 Å². The number of hydrogen-bond donors (Lipinski definition) is 0. The Morgan fingerprint density at radius 2 is 1.41 bits per heavy atom. The fourth-order valence-corrected chi connectivity index (χ4v) is 5.34. The van der Waals surface area contributed by atoms with Crippen molar-refractivity contribution in [1.29, 1.82) is 0 Å². The number of fused-ring (bicyclic) bond motifs is 3. The minimum Gasteiger partial charge on any atom is -0.463 e. The molecule has 41 heavy (non-hydrogen) atoms. The standard InChI is InChI=1S/C29H34O12/c1-14-22(12-11-20-19-9-7-6-8-10-21(19)28(34)41-24(14)20)39-29-27(38-18(5)33)26(37-17(4)32)25(36-16(3)31)23(40-29)13-35-15(2)30/h11-12,23,25-27,29H,6-10,13H2,1-5H3. The molecular formula is C29H34O12. The summed E-state index contributed by atoms with van der Waals surface area (Å²) in [5.74, 6) is -2.61. The highest BCUT2D eigenvalue weighted by Gasteiger charge is 2.53. The summed E-state index contributed by atoms with van der Waals surface area (Å²) < 4.78 is 39.4. The van der Waals surface area contributed by atoms with Crippen molar-refractivity contribution in [2.75, 3.05) is 6.61 Å². The Hall–Kier alpha value is -3.93. The zero-order valence-electron chi connectivity index (χ0n) is 23.7. The molecule has 2 heterocycles. The molecule has 222 valence electrons. The van der Waals surface area contributed by atoms with Gasteiger partial charge in [-0.05, 0) is 50.3 Å². The lowest BCUT2D eigenvalue weighted by Crippen LogP contribution is -2.63. The molecule has 1 aliphatic carbocycles. The highest BCUT2D eigenvalue weighted by Crippen LogP contribution is 2.35. The average Bonchev–Trinajstić information content (AvgIpc) is 3.14. The van der Waals surface area contributed by atoms with Gasteiger partial charge in [-0.1, -0.05) is 6.42 Å². The summed E-state index contributed by atoms with van der Waals surface area (Å²) in [7, 11) is 0. The van der Waals surface area contributed by atoms with Crippen LogP contribution < -0.4 is 10.4 Å². The van der Waals surface area contributed by atoms with E-state index in [1.54, 1.807) is 19.1 Å². The minimum atomic E-state index is -1.40. The molecule has 0 amide bonds. The smallest absolute Gasteiger partial charge is 0.339 e. The monoisotopic (exact) mass is 574 g/mol. The molecule has 1 saturated heterocycles. The van der Waals surface area contributed by atoms with Gasteiger partial charge in [0.2, 0.25) is 12.4 Å². The van der Waals surface area contributed by atoms with Gasteiger partial charge in [0.25, 0.3) is 0 Å². The predicted molar refractivity (Wildman–Crippen MR) is 141 cm³/mol. The van der Waals surface area contributed by atoms with Gasteiger partial charge >= 0.3 is 29.5 Å². The molecular weight excluding hydrogens is 540 g/mol. The molecule has 0 bridgehead atoms. The van der Waals surface area contributed by atoms with Crippen molar-refractivity contribution in [3.8, 4) is 5.75 Å². The molecule has 2 aromatic rings. The maximum absolute atomic E-state index is 12.9. The molecule has 0 spiro atoms. The van der Waals surface area contributed by atoms with E-state index in [1.807, 2.05) is 0 Å². The van der Waals surface area contributed by atoms with E-state index in [1.165, 1.54) is 6.92 Å². The van der Waals surface area contributed by atoms with Crippen LogP contribution >= 0.6 is 0 Å². The van der Waals surface area contributed by atoms with Gasteiger partial charge in [0.1, 0.15) is 24.0 Å². The van der Waals surface area contributed by atoms with Crippen LogP contribution in [-0.4, -0.2) is 61.2 Å². The van der Waals surface area contributed by atoms with E-state index in [2.05, 4.69) is 0 Å². The number of aryl methyl sites for hydroxylation is 2. The van der Waals surface area contributed by atoms with Crippen LogP contribution in [0, 0.1) is 6.92 Å². The van der Waals surface area contributed by atoms with E-state index in [0.717, 1.165) is 57.4 Å². The van der Waals surface area contributed by atoms with Gasteiger partial charge in [0.15, 0.2) is 12.2 Å². The van der Waals surface area contributed by atoms with Crippen LogP contribution in [0.2, 0.25) is 0 Å². The Balaban J connectivity index is 1.76. The summed E-state index contributed by atoms with van der Waals surface area (Å²) in [5.41, 5.74) is 2.14. The topological polar surface area (TPSA) is 154 Å². The second kappa shape index (κ2) is 12.7. The first-order valence-corrected chi connectivity index (χ1v) is 13.5. The summed E-state index contributed by atoms with van der Waals surface area (Å²) in [6.07, 6.45) is -2.27. The number of benzene rings is 1. The Morgan fingerprint density at radius 1 is 0.805 bits per heavy atom. The first-order valence-electron chi connectivity index (χ1n) is 13.5. The fourth-order valence-electron chi connectivity index (χ4n) is 5.34. The van der Waals surface area contributed by atoms with Crippen molar-refractivity contribution in [2.45, 2.75) is 97.4 Å². The Labute approximate surface area is 236 Å². The van der Waals surface area contributed by atoms with Crippen molar-refractivity contribution < 1.29 is 52.0 Å². The van der Waals surface area contributed by atoms with Crippen LogP contribution in [0.25, 0.3) is 11.0 Å². The summed E-state index contributed by atoms with van der Waals surface area (Å²) in [4.78, 5) is 60.6. The van der Waals surface area contributed by atoms with Crippen molar-refractivity contribution in [1.82, 2.24) is 0 Å². The maximum Gasteiger partial charge on any atom is 0.339 e. The number of carbonyl (C=O) groups excluding carboxylic acids is 4. The lowest BCUT2D eigenvalue weighted by molar-refractivity contribution is -0.288. The Kier molecular flexibility index (Phi) is 9.31. The third-order valence-electron chi connectivity index (χ3n) is 7.03. The predicted octanol–water partition coefficient (Wildman–Crippen LogP) is 2.83. The van der Waals surface area contributed by atoms with E-state index >= 15 is 0 Å². The molecule has 12 heteroatoms. The van der Waals surface area contributed by atoms with Gasteiger partial charge in [0, 0.05) is 44.2 Å². The van der Waals surface area contributed by atoms with Crippen LogP contribution in [0.3, 0.4) is 0 Å². The van der Waals surface area contributed by atoms with Crippen LogP contribution in [0.4, 0.5) is 0 Å². The summed E-state index contributed by atoms with van der Waals surface area (Å²) >= 11 is 0. The third kappa shape index (κ3) is 6.87. The van der Waals surface area contributed by atoms with E-state index in [4.69, 9.17) is 32.8 Å². The third-order valence-corrected chi connectivity index (χ3v) is 7.03. The molecule has 5 unspecified atom stereocenters.